The molecule has 9 heteroatoms. The minimum Gasteiger partial charge on any atom is -0.360 e. The molecule has 0 atom stereocenters. The molecule has 0 saturated heterocycles. The Morgan fingerprint density at radius 1 is 1.11 bits per heavy atom. The highest BCUT2D eigenvalue weighted by Gasteiger charge is 2.23. The zero-order valence-electron chi connectivity index (χ0n) is 20.1. The SMILES string of the molecule is Cc1cccc(-n2c(SCC(=O)N(CCC#N)c3ccccc3F)nnc2-c2c[nH]c3ccccc23)c1. The summed E-state index contributed by atoms with van der Waals surface area (Å²) in [5.74, 6) is -0.188. The number of benzene rings is 3. The van der Waals surface area contributed by atoms with Crippen molar-refractivity contribution in [1.82, 2.24) is 19.7 Å². The van der Waals surface area contributed by atoms with Gasteiger partial charge in [0.1, 0.15) is 5.82 Å². The number of aromatic amines is 1. The van der Waals surface area contributed by atoms with Crippen molar-refractivity contribution < 1.29 is 9.18 Å². The molecule has 5 aromatic rings. The van der Waals surface area contributed by atoms with Crippen LogP contribution in [0.4, 0.5) is 10.1 Å². The van der Waals surface area contributed by atoms with E-state index in [0.717, 1.165) is 27.7 Å². The maximum atomic E-state index is 14.5. The van der Waals surface area contributed by atoms with Gasteiger partial charge in [-0.2, -0.15) is 5.26 Å². The van der Waals surface area contributed by atoms with E-state index in [1.165, 1.54) is 22.7 Å². The number of hydrogen-bond acceptors (Lipinski definition) is 5. The Morgan fingerprint density at radius 2 is 1.92 bits per heavy atom. The third-order valence-electron chi connectivity index (χ3n) is 5.94. The van der Waals surface area contributed by atoms with Crippen LogP contribution in [0.25, 0.3) is 28.0 Å². The first-order valence-electron chi connectivity index (χ1n) is 11.7. The number of thioether (sulfide) groups is 1. The van der Waals surface area contributed by atoms with E-state index in [9.17, 15) is 9.18 Å². The summed E-state index contributed by atoms with van der Waals surface area (Å²) in [6, 6.07) is 24.0. The highest BCUT2D eigenvalue weighted by molar-refractivity contribution is 7.99. The molecule has 5 rings (SSSR count). The van der Waals surface area contributed by atoms with Crippen molar-refractivity contribution >= 4 is 34.3 Å². The van der Waals surface area contributed by atoms with E-state index in [1.54, 1.807) is 18.2 Å². The second-order valence-electron chi connectivity index (χ2n) is 8.42. The van der Waals surface area contributed by atoms with E-state index >= 15 is 0 Å². The minimum absolute atomic E-state index is 0.00238. The molecular weight excluding hydrogens is 487 g/mol. The van der Waals surface area contributed by atoms with Crippen molar-refractivity contribution in [2.45, 2.75) is 18.5 Å². The van der Waals surface area contributed by atoms with Crippen LogP contribution in [0.2, 0.25) is 0 Å². The van der Waals surface area contributed by atoms with Gasteiger partial charge in [-0.05, 0) is 42.8 Å². The Hall–Kier alpha value is -4.42. The lowest BCUT2D eigenvalue weighted by Crippen LogP contribution is -2.34. The fourth-order valence-electron chi connectivity index (χ4n) is 4.21. The molecule has 0 spiro atoms. The molecule has 2 aromatic heterocycles. The summed E-state index contributed by atoms with van der Waals surface area (Å²) in [6.45, 7) is 2.11. The summed E-state index contributed by atoms with van der Waals surface area (Å²) < 4.78 is 16.4. The van der Waals surface area contributed by atoms with Gasteiger partial charge in [0.25, 0.3) is 0 Å². The number of H-pyrrole nitrogens is 1. The summed E-state index contributed by atoms with van der Waals surface area (Å²) in [5, 5.41) is 19.5. The number of hydrogen-bond donors (Lipinski definition) is 1. The average molecular weight is 511 g/mol. The fourth-order valence-corrected chi connectivity index (χ4v) is 5.04. The maximum Gasteiger partial charge on any atom is 0.237 e. The molecule has 184 valence electrons. The van der Waals surface area contributed by atoms with E-state index in [-0.39, 0.29) is 30.3 Å². The first-order valence-corrected chi connectivity index (χ1v) is 12.7. The van der Waals surface area contributed by atoms with Crippen LogP contribution in [-0.2, 0) is 4.79 Å². The number of aromatic nitrogens is 4. The van der Waals surface area contributed by atoms with E-state index < -0.39 is 5.82 Å². The normalized spacial score (nSPS) is 10.9. The monoisotopic (exact) mass is 510 g/mol. The highest BCUT2D eigenvalue weighted by Crippen LogP contribution is 2.33. The van der Waals surface area contributed by atoms with Crippen molar-refractivity contribution in [1.29, 1.82) is 5.26 Å². The van der Waals surface area contributed by atoms with E-state index in [4.69, 9.17) is 5.26 Å². The zero-order chi connectivity index (χ0) is 25.8. The van der Waals surface area contributed by atoms with Crippen LogP contribution in [0.5, 0.6) is 0 Å². The van der Waals surface area contributed by atoms with Gasteiger partial charge in [0.15, 0.2) is 11.0 Å². The van der Waals surface area contributed by atoms with Crippen LogP contribution in [0.1, 0.15) is 12.0 Å². The third-order valence-corrected chi connectivity index (χ3v) is 6.85. The molecule has 0 radical (unpaired) electrons. The summed E-state index contributed by atoms with van der Waals surface area (Å²) in [7, 11) is 0. The number of carbonyl (C=O) groups is 1. The van der Waals surface area contributed by atoms with Gasteiger partial charge in [-0.15, -0.1) is 10.2 Å². The van der Waals surface area contributed by atoms with Gasteiger partial charge < -0.3 is 9.88 Å². The molecular formula is C28H23FN6OS. The van der Waals surface area contributed by atoms with E-state index in [1.807, 2.05) is 72.3 Å². The molecule has 1 amide bonds. The lowest BCUT2D eigenvalue weighted by Gasteiger charge is -2.22. The van der Waals surface area contributed by atoms with Gasteiger partial charge in [0.2, 0.25) is 5.91 Å². The number of amides is 1. The third kappa shape index (κ3) is 4.97. The van der Waals surface area contributed by atoms with Gasteiger partial charge in [0.05, 0.1) is 23.9 Å². The topological polar surface area (TPSA) is 90.6 Å². The molecule has 0 bridgehead atoms. The van der Waals surface area contributed by atoms with Gasteiger partial charge >= 0.3 is 0 Å². The lowest BCUT2D eigenvalue weighted by molar-refractivity contribution is -0.116. The van der Waals surface area contributed by atoms with Crippen LogP contribution in [0.3, 0.4) is 0 Å². The number of nitrogens with zero attached hydrogens (tertiary/aromatic N) is 5. The number of anilines is 1. The van der Waals surface area contributed by atoms with Gasteiger partial charge in [-0.25, -0.2) is 4.39 Å². The molecule has 7 nitrogen and oxygen atoms in total. The number of rotatable bonds is 8. The molecule has 0 aliphatic heterocycles. The van der Waals surface area contributed by atoms with Crippen molar-refractivity contribution in [2.75, 3.05) is 17.2 Å². The van der Waals surface area contributed by atoms with Crippen LogP contribution < -0.4 is 4.90 Å². The Kier molecular flexibility index (Phi) is 7.01. The Bertz CT molecular complexity index is 1620. The van der Waals surface area contributed by atoms with Crippen LogP contribution in [0.15, 0.2) is 84.1 Å². The fraction of sp³-hybridized carbons (Fsp3) is 0.143. The second kappa shape index (κ2) is 10.7. The number of fused-ring (bicyclic) bond motifs is 1. The number of halogens is 1. The van der Waals surface area contributed by atoms with Crippen molar-refractivity contribution in [3.8, 4) is 23.1 Å². The highest BCUT2D eigenvalue weighted by atomic mass is 32.2. The van der Waals surface area contributed by atoms with Crippen LogP contribution in [0, 0.1) is 24.1 Å². The summed E-state index contributed by atoms with van der Waals surface area (Å²) >= 11 is 1.22. The quantitative estimate of drug-likeness (QED) is 0.262. The molecule has 2 heterocycles. The predicted octanol–water partition coefficient (Wildman–Crippen LogP) is 5.90. The molecule has 37 heavy (non-hydrogen) atoms. The minimum atomic E-state index is -0.511. The van der Waals surface area contributed by atoms with Gasteiger partial charge in [-0.3, -0.25) is 9.36 Å². The van der Waals surface area contributed by atoms with Gasteiger partial charge in [0, 0.05) is 34.9 Å². The number of para-hydroxylation sites is 2. The first-order chi connectivity index (χ1) is 18.1. The Balaban J connectivity index is 1.50. The molecule has 0 aliphatic rings. The van der Waals surface area contributed by atoms with Crippen LogP contribution >= 0.6 is 11.8 Å². The number of nitrogens with one attached hydrogen (secondary N) is 1. The second-order valence-corrected chi connectivity index (χ2v) is 9.36. The molecule has 0 unspecified atom stereocenters. The molecule has 1 N–H and O–H groups in total. The Labute approximate surface area is 217 Å². The largest absolute Gasteiger partial charge is 0.360 e. The van der Waals surface area contributed by atoms with Crippen molar-refractivity contribution in [3.05, 3.63) is 90.4 Å². The van der Waals surface area contributed by atoms with E-state index in [0.29, 0.717) is 11.0 Å². The number of nitriles is 1. The van der Waals surface area contributed by atoms with E-state index in [2.05, 4.69) is 15.2 Å². The number of aryl methyl sites for hydroxylation is 1. The van der Waals surface area contributed by atoms with Gasteiger partial charge in [-0.1, -0.05) is 54.2 Å². The number of carbonyl (C=O) groups excluding carboxylic acids is 1. The van der Waals surface area contributed by atoms with Crippen LogP contribution in [-0.4, -0.2) is 38.0 Å². The Morgan fingerprint density at radius 3 is 2.73 bits per heavy atom. The smallest absolute Gasteiger partial charge is 0.237 e. The molecule has 3 aromatic carbocycles. The maximum absolute atomic E-state index is 14.5. The molecule has 0 fully saturated rings. The lowest BCUT2D eigenvalue weighted by atomic mass is 10.1. The average Bonchev–Trinajstić information content (AvgIpc) is 3.52. The summed E-state index contributed by atoms with van der Waals surface area (Å²) in [5.41, 5.74) is 3.98. The predicted molar refractivity (Wildman–Crippen MR) is 143 cm³/mol. The summed E-state index contributed by atoms with van der Waals surface area (Å²) in [6.07, 6.45) is 2.00. The molecule has 0 saturated carbocycles. The van der Waals surface area contributed by atoms with Crippen molar-refractivity contribution in [2.24, 2.45) is 0 Å². The summed E-state index contributed by atoms with van der Waals surface area (Å²) in [4.78, 5) is 17.9. The first kappa shape index (κ1) is 24.3. The standard InChI is InChI=1S/C28H23FN6OS/c1-19-8-6-9-20(16-19)35-27(22-17-31-24-12-4-2-10-21(22)24)32-33-28(35)37-18-26(36)34(15-7-14-30)25-13-5-3-11-23(25)29/h2-6,8-13,16-17,31H,7,15,18H2,1H3. The zero-order valence-corrected chi connectivity index (χ0v) is 20.9. The van der Waals surface area contributed by atoms with Crippen molar-refractivity contribution in [3.63, 3.8) is 0 Å². The molecule has 0 aliphatic carbocycles.